The van der Waals surface area contributed by atoms with E-state index in [1.807, 2.05) is 36.4 Å². The number of aliphatic carboxylic acids is 1. The van der Waals surface area contributed by atoms with Crippen LogP contribution >= 0.6 is 0 Å². The Kier molecular flexibility index (Phi) is 11.1. The summed E-state index contributed by atoms with van der Waals surface area (Å²) in [5.41, 5.74) is 2.29. The van der Waals surface area contributed by atoms with Gasteiger partial charge in [0.25, 0.3) is 5.89 Å². The first-order chi connectivity index (χ1) is 21.8. The molecule has 1 aromatic heterocycles. The zero-order chi connectivity index (χ0) is 33.3. The van der Waals surface area contributed by atoms with Crippen LogP contribution in [0.4, 0.5) is 33.3 Å². The summed E-state index contributed by atoms with van der Waals surface area (Å²) in [6.07, 6.45) is -3.12. The lowest BCUT2D eigenvalue weighted by Crippen LogP contribution is -2.63. The number of halogens is 5. The summed E-state index contributed by atoms with van der Waals surface area (Å²) in [7, 11) is 0. The Balaban J connectivity index is 0.000000192. The Morgan fingerprint density at radius 2 is 1.57 bits per heavy atom. The molecule has 46 heavy (non-hydrogen) atoms. The van der Waals surface area contributed by atoms with E-state index in [2.05, 4.69) is 15.5 Å². The molecule has 0 aliphatic carbocycles. The largest absolute Gasteiger partial charge is 0.542 e. The summed E-state index contributed by atoms with van der Waals surface area (Å²) in [6, 6.07) is 22.2. The number of esters is 1. The first kappa shape index (κ1) is 34.0. The number of carbonyl (C=O) groups is 2. The average molecular weight is 647 g/mol. The number of nitrogens with one attached hydrogen (secondary N) is 1. The zero-order valence-corrected chi connectivity index (χ0v) is 24.7. The molecule has 3 aliphatic heterocycles. The van der Waals surface area contributed by atoms with Gasteiger partial charge in [0.2, 0.25) is 5.82 Å². The van der Waals surface area contributed by atoms with E-state index < -0.39 is 12.1 Å². The van der Waals surface area contributed by atoms with Crippen molar-refractivity contribution in [3.05, 3.63) is 96.3 Å². The van der Waals surface area contributed by atoms with Gasteiger partial charge in [-0.05, 0) is 48.5 Å². The van der Waals surface area contributed by atoms with E-state index in [-0.39, 0.29) is 23.7 Å². The quantitative estimate of drug-likeness (QED) is 0.168. The fraction of sp³-hybridized carbons (Fsp3) is 0.312. The Labute approximate surface area is 261 Å². The third-order valence-electron chi connectivity index (χ3n) is 7.49. The molecule has 3 aromatic carbocycles. The minimum atomic E-state index is -5.19. The number of fused-ring (bicyclic) bond motifs is 3. The summed E-state index contributed by atoms with van der Waals surface area (Å²) in [5.74, 6) is -2.38. The molecule has 9 nitrogen and oxygen atoms in total. The van der Waals surface area contributed by atoms with Crippen LogP contribution in [0.2, 0.25) is 0 Å². The van der Waals surface area contributed by atoms with Crippen LogP contribution < -0.4 is 10.4 Å². The van der Waals surface area contributed by atoms with Gasteiger partial charge in [0.05, 0.1) is 13.1 Å². The molecule has 0 amide bonds. The second kappa shape index (κ2) is 15.0. The minimum Gasteiger partial charge on any atom is -0.542 e. The monoisotopic (exact) mass is 646 g/mol. The van der Waals surface area contributed by atoms with Gasteiger partial charge in [0, 0.05) is 42.6 Å². The number of aromatic nitrogens is 2. The highest BCUT2D eigenvalue weighted by molar-refractivity contribution is 5.70. The van der Waals surface area contributed by atoms with Gasteiger partial charge in [-0.3, -0.25) is 4.79 Å². The van der Waals surface area contributed by atoms with Crippen LogP contribution in [0.3, 0.4) is 0 Å². The van der Waals surface area contributed by atoms with Gasteiger partial charge in [-0.15, -0.1) is 0 Å². The van der Waals surface area contributed by atoms with Crippen molar-refractivity contribution in [3.63, 3.8) is 0 Å². The predicted octanol–water partition coefficient (Wildman–Crippen LogP) is 5.42. The maximum Gasteiger partial charge on any atom is 0.430 e. The number of para-hydroxylation sites is 1. The van der Waals surface area contributed by atoms with Crippen molar-refractivity contribution in [2.75, 3.05) is 25.0 Å². The fourth-order valence-corrected chi connectivity index (χ4v) is 5.40. The lowest BCUT2D eigenvalue weighted by atomic mass is 9.83. The number of rotatable bonds is 6. The molecule has 3 fully saturated rings. The van der Waals surface area contributed by atoms with Crippen molar-refractivity contribution in [2.24, 2.45) is 5.92 Å². The van der Waals surface area contributed by atoms with Crippen LogP contribution in [0.1, 0.15) is 25.6 Å². The molecular weight excluding hydrogens is 615 g/mol. The normalized spacial score (nSPS) is 20.0. The molecule has 4 aromatic rings. The first-order valence-electron chi connectivity index (χ1n) is 14.3. The van der Waals surface area contributed by atoms with E-state index in [1.54, 1.807) is 18.2 Å². The smallest absolute Gasteiger partial charge is 0.430 e. The maximum absolute atomic E-state index is 13.4. The molecule has 1 N–H and O–H groups in total. The summed E-state index contributed by atoms with van der Waals surface area (Å²) in [6.45, 7) is 4.97. The molecule has 2 bridgehead atoms. The Morgan fingerprint density at radius 3 is 2.15 bits per heavy atom. The lowest BCUT2D eigenvalue weighted by molar-refractivity contribution is -0.958. The third kappa shape index (κ3) is 9.83. The van der Waals surface area contributed by atoms with Crippen molar-refractivity contribution in [3.8, 4) is 11.5 Å². The summed E-state index contributed by atoms with van der Waals surface area (Å²) >= 11 is 0. The molecule has 244 valence electrons. The number of hydrogen-bond donors (Lipinski definition) is 1. The number of ether oxygens (including phenoxy) is 1. The van der Waals surface area contributed by atoms with Crippen LogP contribution in [0.15, 0.2) is 83.4 Å². The van der Waals surface area contributed by atoms with Crippen molar-refractivity contribution in [2.45, 2.75) is 38.6 Å². The molecular formula is C32H31F5N4O5. The molecule has 0 spiro atoms. The van der Waals surface area contributed by atoms with Gasteiger partial charge >= 0.3 is 12.1 Å². The second-order valence-corrected chi connectivity index (χ2v) is 10.9. The van der Waals surface area contributed by atoms with Gasteiger partial charge in [0.1, 0.15) is 30.7 Å². The number of benzene rings is 3. The summed E-state index contributed by atoms with van der Waals surface area (Å²) < 4.78 is 69.4. The molecule has 0 radical (unpaired) electrons. The Bertz CT molecular complexity index is 1610. The molecule has 14 heteroatoms. The standard InChI is InChI=1S/C18H21FN3O3.C12H10FN.C2HF3O2/c1-12(23)24-16-10-22(7-5-13(16)6-8-22)11-17-20-18(25-21-17)14-3-2-4-15(19)9-14;13-10-5-4-8-12(9-10)14-11-6-2-1-3-7-11;3-2(4,5)1(6)7/h2-4,9,13,16H,5-8,10-11H2,1H3;1-9,14H;(H,6,7)/q+1;;/p-1/t13?,16-,22?;;/m0../s1. The lowest BCUT2D eigenvalue weighted by Gasteiger charge is -2.51. The molecule has 7 rings (SSSR count). The zero-order valence-electron chi connectivity index (χ0n) is 24.7. The maximum atomic E-state index is 13.4. The minimum absolute atomic E-state index is 0.0189. The number of hydrogen-bond acceptors (Lipinski definition) is 8. The van der Waals surface area contributed by atoms with Crippen molar-refractivity contribution in [1.82, 2.24) is 10.1 Å². The SMILES string of the molecule is CC(=O)O[C@H]1C[N+]2(Cc3noc(-c4cccc(F)c4)n3)CCC1CC2.Fc1cccc(Nc2ccccc2)c1.O=C([O-])C(F)(F)F. The molecule has 0 saturated carbocycles. The van der Waals surface area contributed by atoms with Crippen LogP contribution in [-0.4, -0.2) is 58.5 Å². The van der Waals surface area contributed by atoms with E-state index in [0.717, 1.165) is 48.3 Å². The third-order valence-corrected chi connectivity index (χ3v) is 7.49. The summed E-state index contributed by atoms with van der Waals surface area (Å²) in [4.78, 5) is 24.6. The highest BCUT2D eigenvalue weighted by Gasteiger charge is 2.48. The van der Waals surface area contributed by atoms with Crippen LogP contribution in [0, 0.1) is 17.6 Å². The number of nitrogens with zero attached hydrogens (tertiary/aromatic N) is 3. The fourth-order valence-electron chi connectivity index (χ4n) is 5.40. The molecule has 1 atom stereocenters. The number of carboxylic acid groups (broad SMARTS) is 1. The average Bonchev–Trinajstić information content (AvgIpc) is 3.46. The van der Waals surface area contributed by atoms with Crippen LogP contribution in [-0.2, 0) is 20.9 Å². The van der Waals surface area contributed by atoms with Gasteiger partial charge < -0.3 is 29.0 Å². The molecule has 4 heterocycles. The van der Waals surface area contributed by atoms with E-state index in [4.69, 9.17) is 19.2 Å². The van der Waals surface area contributed by atoms with E-state index in [0.29, 0.717) is 29.7 Å². The van der Waals surface area contributed by atoms with E-state index in [1.165, 1.54) is 31.2 Å². The van der Waals surface area contributed by atoms with Crippen LogP contribution in [0.25, 0.3) is 11.5 Å². The van der Waals surface area contributed by atoms with E-state index >= 15 is 0 Å². The van der Waals surface area contributed by atoms with Crippen molar-refractivity contribution in [1.29, 1.82) is 0 Å². The molecule has 0 unspecified atom stereocenters. The second-order valence-electron chi connectivity index (χ2n) is 10.9. The number of piperidine rings is 3. The molecule has 3 aliphatic rings. The summed E-state index contributed by atoms with van der Waals surface area (Å²) in [5, 5.41) is 16.0. The van der Waals surface area contributed by atoms with Crippen LogP contribution in [0.5, 0.6) is 0 Å². The first-order valence-corrected chi connectivity index (χ1v) is 14.3. The van der Waals surface area contributed by atoms with Gasteiger partial charge in [-0.25, -0.2) is 8.78 Å². The Hall–Kier alpha value is -4.85. The van der Waals surface area contributed by atoms with Crippen molar-refractivity contribution >= 4 is 23.3 Å². The topological polar surface area (TPSA) is 117 Å². The van der Waals surface area contributed by atoms with Gasteiger partial charge in [-0.2, -0.15) is 18.2 Å². The van der Waals surface area contributed by atoms with Gasteiger partial charge in [-0.1, -0.05) is 35.5 Å². The number of anilines is 2. The predicted molar refractivity (Wildman–Crippen MR) is 154 cm³/mol. The molecule has 3 saturated heterocycles. The number of carbonyl (C=O) groups excluding carboxylic acids is 2. The highest BCUT2D eigenvalue weighted by atomic mass is 19.4. The van der Waals surface area contributed by atoms with Gasteiger partial charge in [0.15, 0.2) is 6.10 Å². The van der Waals surface area contributed by atoms with Crippen molar-refractivity contribution < 1.29 is 50.4 Å². The highest BCUT2D eigenvalue weighted by Crippen LogP contribution is 2.37. The Morgan fingerprint density at radius 1 is 0.957 bits per heavy atom. The number of alkyl halides is 3. The number of carboxylic acids is 1. The number of quaternary nitrogens is 1. The van der Waals surface area contributed by atoms with E-state index in [9.17, 15) is 26.7 Å².